The van der Waals surface area contributed by atoms with Crippen molar-refractivity contribution in [1.82, 2.24) is 24.6 Å². The highest BCUT2D eigenvalue weighted by Gasteiger charge is 2.21. The van der Waals surface area contributed by atoms with Gasteiger partial charge in [0.2, 0.25) is 0 Å². The van der Waals surface area contributed by atoms with Gasteiger partial charge in [0, 0.05) is 56.5 Å². The number of hydrogen-bond acceptors (Lipinski definition) is 4. The lowest BCUT2D eigenvalue weighted by molar-refractivity contribution is 0.143. The maximum absolute atomic E-state index is 12.7. The fourth-order valence-electron chi connectivity index (χ4n) is 3.66. The van der Waals surface area contributed by atoms with Crippen LogP contribution in [-0.2, 0) is 6.54 Å². The molecule has 1 aromatic carbocycles. The zero-order valence-corrected chi connectivity index (χ0v) is 16.9. The first kappa shape index (κ1) is 19.1. The van der Waals surface area contributed by atoms with Gasteiger partial charge in [0.1, 0.15) is 0 Å². The van der Waals surface area contributed by atoms with Crippen molar-refractivity contribution in [3.63, 3.8) is 0 Å². The fourth-order valence-corrected chi connectivity index (χ4v) is 3.66. The van der Waals surface area contributed by atoms with Crippen molar-refractivity contribution >= 4 is 11.7 Å². The maximum Gasteiger partial charge on any atom is 0.321 e. The standard InChI is InChI=1S/C22H26N6O/c1-17-14-18(2)28(25-17)21-5-3-4-20(15-21)24-22(29)27-12-10-26(11-13-27)16-19-6-8-23-9-7-19/h3-9,14-15H,10-13,16H2,1-2H3,(H,24,29). The Morgan fingerprint density at radius 2 is 1.79 bits per heavy atom. The van der Waals surface area contributed by atoms with Crippen LogP contribution in [0.1, 0.15) is 17.0 Å². The van der Waals surface area contributed by atoms with E-state index in [1.165, 1.54) is 5.56 Å². The average Bonchev–Trinajstić information content (AvgIpc) is 3.07. The van der Waals surface area contributed by atoms with Crippen molar-refractivity contribution < 1.29 is 4.79 Å². The molecule has 7 heteroatoms. The van der Waals surface area contributed by atoms with Crippen molar-refractivity contribution in [1.29, 1.82) is 0 Å². The minimum atomic E-state index is -0.0564. The van der Waals surface area contributed by atoms with E-state index < -0.39 is 0 Å². The van der Waals surface area contributed by atoms with E-state index in [0.717, 1.165) is 42.4 Å². The summed E-state index contributed by atoms with van der Waals surface area (Å²) in [5.74, 6) is 0. The van der Waals surface area contributed by atoms with Gasteiger partial charge in [0.05, 0.1) is 11.4 Å². The number of piperazine rings is 1. The Kier molecular flexibility index (Phi) is 5.57. The number of nitrogens with one attached hydrogen (secondary N) is 1. The Hall–Kier alpha value is -3.19. The van der Waals surface area contributed by atoms with Crippen LogP contribution in [0.25, 0.3) is 5.69 Å². The topological polar surface area (TPSA) is 66.3 Å². The Balaban J connectivity index is 1.34. The van der Waals surface area contributed by atoms with Crippen LogP contribution in [0.4, 0.5) is 10.5 Å². The SMILES string of the molecule is Cc1cc(C)n(-c2cccc(NC(=O)N3CCN(Cc4ccncc4)CC3)c2)n1. The lowest BCUT2D eigenvalue weighted by Crippen LogP contribution is -2.49. The molecular weight excluding hydrogens is 364 g/mol. The number of anilines is 1. The van der Waals surface area contributed by atoms with Crippen molar-refractivity contribution in [3.8, 4) is 5.69 Å². The molecule has 1 N–H and O–H groups in total. The fraction of sp³-hybridized carbons (Fsp3) is 0.318. The Morgan fingerprint density at radius 1 is 1.03 bits per heavy atom. The third-order valence-electron chi connectivity index (χ3n) is 5.17. The molecule has 1 saturated heterocycles. The Morgan fingerprint density at radius 3 is 2.48 bits per heavy atom. The quantitative estimate of drug-likeness (QED) is 0.743. The molecule has 0 spiro atoms. The highest BCUT2D eigenvalue weighted by molar-refractivity contribution is 5.89. The second kappa shape index (κ2) is 8.45. The first-order valence-electron chi connectivity index (χ1n) is 9.89. The van der Waals surface area contributed by atoms with E-state index in [9.17, 15) is 4.79 Å². The number of nitrogens with zero attached hydrogens (tertiary/aromatic N) is 5. The summed E-state index contributed by atoms with van der Waals surface area (Å²) in [7, 11) is 0. The molecule has 0 bridgehead atoms. The van der Waals surface area contributed by atoms with E-state index in [1.54, 1.807) is 0 Å². The molecular formula is C22H26N6O. The smallest absolute Gasteiger partial charge is 0.321 e. The van der Waals surface area contributed by atoms with E-state index >= 15 is 0 Å². The van der Waals surface area contributed by atoms with Crippen LogP contribution < -0.4 is 5.32 Å². The number of urea groups is 1. The molecule has 3 heterocycles. The predicted octanol–water partition coefficient (Wildman–Crippen LogP) is 3.23. The molecule has 1 aliphatic heterocycles. The molecule has 7 nitrogen and oxygen atoms in total. The molecule has 29 heavy (non-hydrogen) atoms. The summed E-state index contributed by atoms with van der Waals surface area (Å²) in [5.41, 5.74) is 5.01. The van der Waals surface area contributed by atoms with Gasteiger partial charge in [-0.05, 0) is 55.8 Å². The number of hydrogen-bond donors (Lipinski definition) is 1. The summed E-state index contributed by atoms with van der Waals surface area (Å²) >= 11 is 0. The van der Waals surface area contributed by atoms with Gasteiger partial charge in [0.15, 0.2) is 0 Å². The Bertz CT molecular complexity index is 976. The molecule has 1 fully saturated rings. The molecule has 3 aromatic rings. The van der Waals surface area contributed by atoms with Crippen LogP contribution in [-0.4, -0.2) is 56.8 Å². The van der Waals surface area contributed by atoms with Crippen LogP contribution in [0, 0.1) is 13.8 Å². The molecule has 0 aliphatic carbocycles. The third-order valence-corrected chi connectivity index (χ3v) is 5.17. The minimum absolute atomic E-state index is 0.0564. The second-order valence-electron chi connectivity index (χ2n) is 7.44. The number of aryl methyl sites for hydroxylation is 2. The van der Waals surface area contributed by atoms with Crippen molar-refractivity contribution in [2.45, 2.75) is 20.4 Å². The van der Waals surface area contributed by atoms with Gasteiger partial charge < -0.3 is 10.2 Å². The molecule has 150 valence electrons. The van der Waals surface area contributed by atoms with Crippen LogP contribution in [0.2, 0.25) is 0 Å². The molecule has 0 radical (unpaired) electrons. The van der Waals surface area contributed by atoms with Gasteiger partial charge >= 0.3 is 6.03 Å². The van der Waals surface area contributed by atoms with E-state index in [0.29, 0.717) is 13.1 Å². The highest BCUT2D eigenvalue weighted by atomic mass is 16.2. The van der Waals surface area contributed by atoms with Gasteiger partial charge in [-0.1, -0.05) is 6.07 Å². The third kappa shape index (κ3) is 4.63. The normalized spacial score (nSPS) is 14.8. The largest absolute Gasteiger partial charge is 0.322 e. The molecule has 2 amide bonds. The molecule has 0 unspecified atom stereocenters. The number of aromatic nitrogens is 3. The number of pyridine rings is 1. The van der Waals surface area contributed by atoms with E-state index in [1.807, 2.05) is 78.3 Å². The van der Waals surface area contributed by atoms with E-state index in [-0.39, 0.29) is 6.03 Å². The van der Waals surface area contributed by atoms with Crippen LogP contribution in [0.5, 0.6) is 0 Å². The minimum Gasteiger partial charge on any atom is -0.322 e. The number of rotatable bonds is 4. The first-order chi connectivity index (χ1) is 14.1. The summed E-state index contributed by atoms with van der Waals surface area (Å²) in [6.07, 6.45) is 3.64. The summed E-state index contributed by atoms with van der Waals surface area (Å²) in [4.78, 5) is 21.0. The Labute approximate surface area is 171 Å². The second-order valence-corrected chi connectivity index (χ2v) is 7.44. The van der Waals surface area contributed by atoms with Crippen molar-refractivity contribution in [3.05, 3.63) is 71.8 Å². The van der Waals surface area contributed by atoms with Crippen molar-refractivity contribution in [2.75, 3.05) is 31.5 Å². The zero-order valence-electron chi connectivity index (χ0n) is 16.9. The highest BCUT2D eigenvalue weighted by Crippen LogP contribution is 2.18. The average molecular weight is 390 g/mol. The summed E-state index contributed by atoms with van der Waals surface area (Å²) in [5, 5.41) is 7.55. The number of amides is 2. The molecule has 0 atom stereocenters. The van der Waals surface area contributed by atoms with Gasteiger partial charge in [-0.15, -0.1) is 0 Å². The van der Waals surface area contributed by atoms with E-state index in [4.69, 9.17) is 0 Å². The molecule has 0 saturated carbocycles. The summed E-state index contributed by atoms with van der Waals surface area (Å²) in [6.45, 7) is 8.05. The predicted molar refractivity (Wildman–Crippen MR) is 113 cm³/mol. The van der Waals surface area contributed by atoms with Crippen LogP contribution in [0.15, 0.2) is 54.9 Å². The number of benzene rings is 1. The lowest BCUT2D eigenvalue weighted by atomic mass is 10.2. The van der Waals surface area contributed by atoms with Crippen LogP contribution in [0.3, 0.4) is 0 Å². The molecule has 1 aliphatic rings. The summed E-state index contributed by atoms with van der Waals surface area (Å²) in [6, 6.07) is 13.9. The lowest BCUT2D eigenvalue weighted by Gasteiger charge is -2.34. The monoisotopic (exact) mass is 390 g/mol. The molecule has 4 rings (SSSR count). The summed E-state index contributed by atoms with van der Waals surface area (Å²) < 4.78 is 1.89. The van der Waals surface area contributed by atoms with Gasteiger partial charge in [0.25, 0.3) is 0 Å². The van der Waals surface area contributed by atoms with Crippen molar-refractivity contribution in [2.24, 2.45) is 0 Å². The first-order valence-corrected chi connectivity index (χ1v) is 9.89. The van der Waals surface area contributed by atoms with Gasteiger partial charge in [-0.3, -0.25) is 9.88 Å². The van der Waals surface area contributed by atoms with Gasteiger partial charge in [-0.2, -0.15) is 5.10 Å². The zero-order chi connectivity index (χ0) is 20.2. The van der Waals surface area contributed by atoms with Gasteiger partial charge in [-0.25, -0.2) is 9.48 Å². The van der Waals surface area contributed by atoms with E-state index in [2.05, 4.69) is 20.3 Å². The number of carbonyl (C=O) groups excluding carboxylic acids is 1. The maximum atomic E-state index is 12.7. The number of carbonyl (C=O) groups is 1. The molecule has 2 aromatic heterocycles. The van der Waals surface area contributed by atoms with Crippen LogP contribution >= 0.6 is 0 Å².